The zero-order valence-corrected chi connectivity index (χ0v) is 14.4. The topological polar surface area (TPSA) is 36.4 Å². The summed E-state index contributed by atoms with van der Waals surface area (Å²) in [5.74, 6) is 0.0418. The van der Waals surface area contributed by atoms with Gasteiger partial charge in [-0.2, -0.15) is 0 Å². The van der Waals surface area contributed by atoms with Gasteiger partial charge >= 0.3 is 0 Å². The van der Waals surface area contributed by atoms with Crippen LogP contribution in [0.15, 0.2) is 18.2 Å². The van der Waals surface area contributed by atoms with E-state index in [1.165, 1.54) is 23.5 Å². The second-order valence-electron chi connectivity index (χ2n) is 5.90. The Hall–Kier alpha value is -1.69. The lowest BCUT2D eigenvalue weighted by molar-refractivity contribution is -0.135. The van der Waals surface area contributed by atoms with Gasteiger partial charge in [-0.15, -0.1) is 0 Å². The average Bonchev–Trinajstić information content (AvgIpc) is 2.99. The van der Waals surface area contributed by atoms with Crippen molar-refractivity contribution in [3.8, 4) is 0 Å². The third kappa shape index (κ3) is 3.32. The Labute approximate surface area is 139 Å². The van der Waals surface area contributed by atoms with Gasteiger partial charge in [0.25, 0.3) is 0 Å². The number of carbonyl (C=O) groups excluding carboxylic acids is 1. The van der Waals surface area contributed by atoms with Crippen LogP contribution in [0.1, 0.15) is 26.7 Å². The van der Waals surface area contributed by atoms with E-state index in [4.69, 9.17) is 0 Å². The van der Waals surface area contributed by atoms with Crippen LogP contribution in [0.5, 0.6) is 0 Å². The smallest absolute Gasteiger partial charge is 0.227 e. The molecule has 0 bridgehead atoms. The first kappa shape index (κ1) is 16.2. The fourth-order valence-electron chi connectivity index (χ4n) is 3.17. The molecule has 0 aliphatic carbocycles. The van der Waals surface area contributed by atoms with Crippen LogP contribution in [0, 0.1) is 11.7 Å². The highest BCUT2D eigenvalue weighted by Gasteiger charge is 2.29. The van der Waals surface area contributed by atoms with Crippen molar-refractivity contribution in [2.24, 2.45) is 5.92 Å². The Bertz CT molecular complexity index is 698. The van der Waals surface area contributed by atoms with E-state index in [1.807, 2.05) is 18.7 Å². The zero-order chi connectivity index (χ0) is 16.4. The van der Waals surface area contributed by atoms with Crippen LogP contribution in [0.4, 0.5) is 9.52 Å². The van der Waals surface area contributed by atoms with E-state index in [0.29, 0.717) is 6.54 Å². The summed E-state index contributed by atoms with van der Waals surface area (Å²) in [7, 11) is 0. The lowest BCUT2D eigenvalue weighted by Gasteiger charge is -2.34. The van der Waals surface area contributed by atoms with E-state index < -0.39 is 0 Å². The number of aromatic nitrogens is 1. The summed E-state index contributed by atoms with van der Waals surface area (Å²) < 4.78 is 14.2. The summed E-state index contributed by atoms with van der Waals surface area (Å²) in [4.78, 5) is 21.3. The van der Waals surface area contributed by atoms with Crippen LogP contribution in [0.2, 0.25) is 0 Å². The van der Waals surface area contributed by atoms with Gasteiger partial charge in [0.1, 0.15) is 5.82 Å². The molecule has 4 nitrogen and oxygen atoms in total. The fraction of sp³-hybridized carbons (Fsp3) is 0.529. The van der Waals surface area contributed by atoms with E-state index in [1.54, 1.807) is 6.07 Å². The highest BCUT2D eigenvalue weighted by atomic mass is 32.1. The van der Waals surface area contributed by atoms with E-state index in [0.717, 1.165) is 47.8 Å². The zero-order valence-electron chi connectivity index (χ0n) is 13.6. The summed E-state index contributed by atoms with van der Waals surface area (Å²) >= 11 is 1.50. The molecule has 6 heteroatoms. The lowest BCUT2D eigenvalue weighted by Crippen LogP contribution is -2.44. The van der Waals surface area contributed by atoms with Gasteiger partial charge in [0.2, 0.25) is 5.91 Å². The largest absolute Gasteiger partial charge is 0.347 e. The fourth-order valence-corrected chi connectivity index (χ4v) is 4.19. The normalized spacial score (nSPS) is 18.4. The summed E-state index contributed by atoms with van der Waals surface area (Å²) in [6, 6.07) is 4.68. The number of benzene rings is 1. The molecule has 1 amide bonds. The number of fused-ring (bicyclic) bond motifs is 1. The summed E-state index contributed by atoms with van der Waals surface area (Å²) in [5.41, 5.74) is 0.823. The van der Waals surface area contributed by atoms with Crippen LogP contribution in [-0.2, 0) is 4.79 Å². The minimum Gasteiger partial charge on any atom is -0.347 e. The molecule has 0 N–H and O–H groups in total. The van der Waals surface area contributed by atoms with Crippen molar-refractivity contribution in [3.05, 3.63) is 24.0 Å². The van der Waals surface area contributed by atoms with Gasteiger partial charge in [0.05, 0.1) is 16.1 Å². The molecule has 23 heavy (non-hydrogen) atoms. The average molecular weight is 335 g/mol. The van der Waals surface area contributed by atoms with Crippen molar-refractivity contribution in [3.63, 3.8) is 0 Å². The summed E-state index contributed by atoms with van der Waals surface area (Å²) in [6.45, 7) is 7.16. The van der Waals surface area contributed by atoms with Crippen molar-refractivity contribution in [2.45, 2.75) is 26.7 Å². The molecule has 1 aliphatic rings. The lowest BCUT2D eigenvalue weighted by atomic mass is 9.97. The second-order valence-corrected chi connectivity index (χ2v) is 6.91. The maximum atomic E-state index is 13.3. The van der Waals surface area contributed by atoms with E-state index in [-0.39, 0.29) is 17.6 Å². The highest BCUT2D eigenvalue weighted by molar-refractivity contribution is 7.22. The van der Waals surface area contributed by atoms with Crippen LogP contribution < -0.4 is 4.90 Å². The molecule has 2 aromatic rings. The molecule has 0 saturated carbocycles. The van der Waals surface area contributed by atoms with Gasteiger partial charge in [-0.05, 0) is 44.9 Å². The van der Waals surface area contributed by atoms with Crippen LogP contribution in [0.3, 0.4) is 0 Å². The van der Waals surface area contributed by atoms with Gasteiger partial charge in [0.15, 0.2) is 5.13 Å². The first-order chi connectivity index (χ1) is 11.1. The number of halogens is 1. The molecule has 1 aromatic heterocycles. The van der Waals surface area contributed by atoms with E-state index >= 15 is 0 Å². The maximum Gasteiger partial charge on any atom is 0.227 e. The standard InChI is InChI=1S/C17H22FN3OS/c1-3-20(4-2)16(22)12-6-5-9-21(11-12)17-19-14-8-7-13(18)10-15(14)23-17/h7-8,10,12H,3-6,9,11H2,1-2H3. The van der Waals surface area contributed by atoms with Gasteiger partial charge in [-0.25, -0.2) is 9.37 Å². The van der Waals surface area contributed by atoms with Gasteiger partial charge in [-0.3, -0.25) is 4.79 Å². The second kappa shape index (κ2) is 6.83. The monoisotopic (exact) mass is 335 g/mol. The molecule has 1 aromatic carbocycles. The molecule has 3 rings (SSSR count). The molecule has 0 spiro atoms. The Balaban J connectivity index is 1.78. The highest BCUT2D eigenvalue weighted by Crippen LogP contribution is 2.32. The third-order valence-corrected chi connectivity index (χ3v) is 5.53. The number of anilines is 1. The number of amides is 1. The molecule has 124 valence electrons. The quantitative estimate of drug-likeness (QED) is 0.858. The van der Waals surface area contributed by atoms with Crippen molar-refractivity contribution in [1.29, 1.82) is 0 Å². The van der Waals surface area contributed by atoms with Crippen LogP contribution in [-0.4, -0.2) is 42.0 Å². The first-order valence-corrected chi connectivity index (χ1v) is 9.03. The number of nitrogens with zero attached hydrogens (tertiary/aromatic N) is 3. The van der Waals surface area contributed by atoms with E-state index in [2.05, 4.69) is 9.88 Å². The van der Waals surface area contributed by atoms with Crippen molar-refractivity contribution in [2.75, 3.05) is 31.1 Å². The third-order valence-electron chi connectivity index (χ3n) is 4.46. The van der Waals surface area contributed by atoms with Crippen molar-refractivity contribution >= 4 is 32.6 Å². The number of rotatable bonds is 4. The van der Waals surface area contributed by atoms with E-state index in [9.17, 15) is 9.18 Å². The minimum atomic E-state index is -0.235. The van der Waals surface area contributed by atoms with Gasteiger partial charge in [-0.1, -0.05) is 11.3 Å². The molecule has 1 unspecified atom stereocenters. The molecule has 1 fully saturated rings. The number of hydrogen-bond acceptors (Lipinski definition) is 4. The summed E-state index contributed by atoms with van der Waals surface area (Å²) in [5, 5.41) is 0.891. The Morgan fingerprint density at radius 1 is 1.43 bits per heavy atom. The molecular weight excluding hydrogens is 313 g/mol. The molecule has 1 saturated heterocycles. The molecule has 2 heterocycles. The Morgan fingerprint density at radius 2 is 2.22 bits per heavy atom. The van der Waals surface area contributed by atoms with Crippen molar-refractivity contribution in [1.82, 2.24) is 9.88 Å². The van der Waals surface area contributed by atoms with Gasteiger partial charge < -0.3 is 9.80 Å². The SMILES string of the molecule is CCN(CC)C(=O)C1CCCN(c2nc3ccc(F)cc3s2)C1. The predicted octanol–water partition coefficient (Wildman–Crippen LogP) is 3.52. The van der Waals surface area contributed by atoms with Crippen LogP contribution in [0.25, 0.3) is 10.2 Å². The molecular formula is C17H22FN3OS. The van der Waals surface area contributed by atoms with Gasteiger partial charge in [0, 0.05) is 26.2 Å². The molecule has 1 atom stereocenters. The number of thiazole rings is 1. The molecule has 0 radical (unpaired) electrons. The maximum absolute atomic E-state index is 13.3. The Morgan fingerprint density at radius 3 is 2.96 bits per heavy atom. The predicted molar refractivity (Wildman–Crippen MR) is 92.4 cm³/mol. The number of piperidine rings is 1. The Kier molecular flexibility index (Phi) is 4.80. The van der Waals surface area contributed by atoms with Crippen molar-refractivity contribution < 1.29 is 9.18 Å². The minimum absolute atomic E-state index is 0.0346. The van der Waals surface area contributed by atoms with Crippen LogP contribution >= 0.6 is 11.3 Å². The summed E-state index contributed by atoms with van der Waals surface area (Å²) in [6.07, 6.45) is 1.92. The number of hydrogen-bond donors (Lipinski definition) is 0. The first-order valence-electron chi connectivity index (χ1n) is 8.22. The number of carbonyl (C=O) groups is 1. The molecule has 1 aliphatic heterocycles.